The van der Waals surface area contributed by atoms with Gasteiger partial charge >= 0.3 is 0 Å². The maximum absolute atomic E-state index is 12.9. The van der Waals surface area contributed by atoms with E-state index in [9.17, 15) is 4.79 Å². The fraction of sp³-hybridized carbons (Fsp3) is 0.474. The largest absolute Gasteiger partial charge is 0.493 e. The Morgan fingerprint density at radius 2 is 1.96 bits per heavy atom. The molecular formula is C19H26N2O2. The zero-order valence-corrected chi connectivity index (χ0v) is 14.7. The number of aryl methyl sites for hydroxylation is 1. The predicted octanol–water partition coefficient (Wildman–Crippen LogP) is 4.49. The van der Waals surface area contributed by atoms with E-state index in [1.165, 1.54) is 10.2 Å². The molecule has 4 heteroatoms. The van der Waals surface area contributed by atoms with Crippen LogP contribution in [0.4, 0.5) is 0 Å². The van der Waals surface area contributed by atoms with E-state index in [4.69, 9.17) is 4.74 Å². The molecule has 124 valence electrons. The fourth-order valence-corrected chi connectivity index (χ4v) is 2.87. The van der Waals surface area contributed by atoms with E-state index in [0.717, 1.165) is 24.2 Å². The first-order valence-electron chi connectivity index (χ1n) is 8.33. The summed E-state index contributed by atoms with van der Waals surface area (Å²) >= 11 is 0. The van der Waals surface area contributed by atoms with Crippen molar-refractivity contribution in [2.45, 2.75) is 53.4 Å². The molecule has 0 N–H and O–H groups in total. The van der Waals surface area contributed by atoms with Crippen LogP contribution in [0.25, 0.3) is 0 Å². The van der Waals surface area contributed by atoms with Crippen LogP contribution < -0.4 is 4.74 Å². The van der Waals surface area contributed by atoms with E-state index in [-0.39, 0.29) is 5.91 Å². The standard InChI is InChI=1S/C19H26N2O2/c1-6-12-23-17-11-9-8-10-16(17)19(22)21-15(5)18(13(3)7-2)14(4)20-21/h8-11,13H,6-7,12H2,1-5H3. The van der Waals surface area contributed by atoms with Crippen molar-refractivity contribution in [3.05, 3.63) is 46.8 Å². The van der Waals surface area contributed by atoms with Crippen LogP contribution >= 0.6 is 0 Å². The van der Waals surface area contributed by atoms with Crippen LogP contribution in [0.5, 0.6) is 5.75 Å². The molecule has 0 bridgehead atoms. The predicted molar refractivity (Wildman–Crippen MR) is 92.4 cm³/mol. The molecule has 0 saturated carbocycles. The topological polar surface area (TPSA) is 44.1 Å². The molecule has 0 aliphatic carbocycles. The van der Waals surface area contributed by atoms with Gasteiger partial charge in [0.1, 0.15) is 5.75 Å². The molecule has 0 amide bonds. The van der Waals surface area contributed by atoms with Gasteiger partial charge in [0.15, 0.2) is 0 Å². The molecule has 0 spiro atoms. The van der Waals surface area contributed by atoms with E-state index in [2.05, 4.69) is 18.9 Å². The van der Waals surface area contributed by atoms with Crippen molar-refractivity contribution in [1.82, 2.24) is 9.78 Å². The Kier molecular flexibility index (Phi) is 5.59. The third-order valence-corrected chi connectivity index (χ3v) is 4.22. The molecule has 2 rings (SSSR count). The van der Waals surface area contributed by atoms with E-state index >= 15 is 0 Å². The van der Waals surface area contributed by atoms with Crippen LogP contribution in [0, 0.1) is 13.8 Å². The molecule has 1 aromatic carbocycles. The van der Waals surface area contributed by atoms with Crippen LogP contribution in [-0.2, 0) is 0 Å². The molecule has 2 aromatic rings. The van der Waals surface area contributed by atoms with Gasteiger partial charge in [-0.2, -0.15) is 5.10 Å². The summed E-state index contributed by atoms with van der Waals surface area (Å²) in [4.78, 5) is 12.9. The molecule has 0 fully saturated rings. The Balaban J connectivity index is 2.42. The van der Waals surface area contributed by atoms with Crippen LogP contribution in [0.1, 0.15) is 66.8 Å². The Morgan fingerprint density at radius 3 is 2.61 bits per heavy atom. The number of benzene rings is 1. The minimum Gasteiger partial charge on any atom is -0.493 e. The summed E-state index contributed by atoms with van der Waals surface area (Å²) in [6.45, 7) is 10.9. The highest BCUT2D eigenvalue weighted by Gasteiger charge is 2.22. The number of aromatic nitrogens is 2. The number of hydrogen-bond acceptors (Lipinski definition) is 3. The highest BCUT2D eigenvalue weighted by atomic mass is 16.5. The lowest BCUT2D eigenvalue weighted by atomic mass is 9.97. The SMILES string of the molecule is CCCOc1ccccc1C(=O)n1nc(C)c(C(C)CC)c1C. The molecule has 0 saturated heterocycles. The van der Waals surface area contributed by atoms with Gasteiger partial charge in [0, 0.05) is 5.69 Å². The van der Waals surface area contributed by atoms with Crippen molar-refractivity contribution < 1.29 is 9.53 Å². The fourth-order valence-electron chi connectivity index (χ4n) is 2.87. The Bertz CT molecular complexity index is 689. The lowest BCUT2D eigenvalue weighted by Crippen LogP contribution is -2.17. The number of rotatable bonds is 6. The van der Waals surface area contributed by atoms with Crippen LogP contribution in [-0.4, -0.2) is 22.3 Å². The van der Waals surface area contributed by atoms with Crippen molar-refractivity contribution in [2.75, 3.05) is 6.61 Å². The van der Waals surface area contributed by atoms with Crippen molar-refractivity contribution in [1.29, 1.82) is 0 Å². The molecule has 1 heterocycles. The van der Waals surface area contributed by atoms with Gasteiger partial charge in [-0.1, -0.05) is 32.9 Å². The monoisotopic (exact) mass is 314 g/mol. The van der Waals surface area contributed by atoms with Crippen molar-refractivity contribution in [2.24, 2.45) is 0 Å². The molecule has 1 unspecified atom stereocenters. The summed E-state index contributed by atoms with van der Waals surface area (Å²) in [7, 11) is 0. The van der Waals surface area contributed by atoms with Crippen molar-refractivity contribution >= 4 is 5.91 Å². The highest BCUT2D eigenvalue weighted by Crippen LogP contribution is 2.27. The lowest BCUT2D eigenvalue weighted by Gasteiger charge is -2.12. The molecular weight excluding hydrogens is 288 g/mol. The minimum absolute atomic E-state index is 0.133. The number of carbonyl (C=O) groups excluding carboxylic acids is 1. The number of carbonyl (C=O) groups is 1. The molecule has 0 aliphatic rings. The maximum atomic E-state index is 12.9. The van der Waals surface area contributed by atoms with Gasteiger partial charge in [-0.25, -0.2) is 4.68 Å². The first-order chi connectivity index (χ1) is 11.0. The normalized spacial score (nSPS) is 12.2. The summed E-state index contributed by atoms with van der Waals surface area (Å²) < 4.78 is 7.23. The lowest BCUT2D eigenvalue weighted by molar-refractivity contribution is 0.0938. The van der Waals surface area contributed by atoms with Crippen LogP contribution in [0.3, 0.4) is 0 Å². The molecule has 0 aliphatic heterocycles. The van der Waals surface area contributed by atoms with Gasteiger partial charge in [0.05, 0.1) is 17.9 Å². The Labute approximate surface area is 138 Å². The first kappa shape index (κ1) is 17.3. The van der Waals surface area contributed by atoms with Gasteiger partial charge in [-0.3, -0.25) is 4.79 Å². The summed E-state index contributed by atoms with van der Waals surface area (Å²) in [6.07, 6.45) is 1.93. The highest BCUT2D eigenvalue weighted by molar-refractivity contribution is 5.98. The second-order valence-electron chi connectivity index (χ2n) is 5.96. The Morgan fingerprint density at radius 1 is 1.26 bits per heavy atom. The van der Waals surface area contributed by atoms with E-state index in [0.29, 0.717) is 23.8 Å². The summed E-state index contributed by atoms with van der Waals surface area (Å²) in [5.74, 6) is 0.881. The second-order valence-corrected chi connectivity index (χ2v) is 5.96. The van der Waals surface area contributed by atoms with E-state index < -0.39 is 0 Å². The molecule has 1 atom stereocenters. The first-order valence-corrected chi connectivity index (χ1v) is 8.33. The average Bonchev–Trinajstić information content (AvgIpc) is 2.86. The molecule has 1 aromatic heterocycles. The van der Waals surface area contributed by atoms with Crippen LogP contribution in [0.2, 0.25) is 0 Å². The van der Waals surface area contributed by atoms with Crippen LogP contribution in [0.15, 0.2) is 24.3 Å². The summed E-state index contributed by atoms with van der Waals surface area (Å²) in [5, 5.41) is 4.49. The Hall–Kier alpha value is -2.10. The van der Waals surface area contributed by atoms with Gasteiger partial charge in [-0.15, -0.1) is 0 Å². The average molecular weight is 314 g/mol. The number of para-hydroxylation sites is 1. The smallest absolute Gasteiger partial charge is 0.282 e. The zero-order valence-electron chi connectivity index (χ0n) is 14.7. The van der Waals surface area contributed by atoms with E-state index in [1.807, 2.05) is 39.0 Å². The van der Waals surface area contributed by atoms with Gasteiger partial charge < -0.3 is 4.74 Å². The number of nitrogens with zero attached hydrogens (tertiary/aromatic N) is 2. The number of ether oxygens (including phenoxy) is 1. The van der Waals surface area contributed by atoms with Gasteiger partial charge in [-0.05, 0) is 50.3 Å². The third kappa shape index (κ3) is 3.46. The van der Waals surface area contributed by atoms with Gasteiger partial charge in [0.25, 0.3) is 5.91 Å². The minimum atomic E-state index is -0.133. The van der Waals surface area contributed by atoms with Crippen molar-refractivity contribution in [3.63, 3.8) is 0 Å². The zero-order chi connectivity index (χ0) is 17.0. The summed E-state index contributed by atoms with van der Waals surface area (Å²) in [6, 6.07) is 7.37. The molecule has 4 nitrogen and oxygen atoms in total. The maximum Gasteiger partial charge on any atom is 0.282 e. The van der Waals surface area contributed by atoms with Crippen molar-refractivity contribution in [3.8, 4) is 5.75 Å². The van der Waals surface area contributed by atoms with E-state index in [1.54, 1.807) is 6.07 Å². The molecule has 0 radical (unpaired) electrons. The molecule has 23 heavy (non-hydrogen) atoms. The van der Waals surface area contributed by atoms with Gasteiger partial charge in [0.2, 0.25) is 0 Å². The number of hydrogen-bond donors (Lipinski definition) is 0. The second kappa shape index (κ2) is 7.44. The third-order valence-electron chi connectivity index (χ3n) is 4.22. The quantitative estimate of drug-likeness (QED) is 0.789. The summed E-state index contributed by atoms with van der Waals surface area (Å²) in [5.41, 5.74) is 3.58.